The number of aryl methyl sites for hydroxylation is 1. The highest BCUT2D eigenvalue weighted by Gasteiger charge is 2.09. The molecule has 0 aliphatic carbocycles. The molecule has 78 valence electrons. The summed E-state index contributed by atoms with van der Waals surface area (Å²) >= 11 is 11.1. The fraction of sp³-hybridized carbons (Fsp3) is 0.556. The Labute approximate surface area is 102 Å². The molecule has 0 spiro atoms. The lowest BCUT2D eigenvalue weighted by Crippen LogP contribution is -2.00. The second kappa shape index (κ2) is 5.93. The minimum absolute atomic E-state index is 0.521. The van der Waals surface area contributed by atoms with E-state index in [1.54, 1.807) is 11.8 Å². The third kappa shape index (κ3) is 3.11. The van der Waals surface area contributed by atoms with Gasteiger partial charge in [0, 0.05) is 0 Å². The highest BCUT2D eigenvalue weighted by atomic mass is 79.9. The summed E-state index contributed by atoms with van der Waals surface area (Å²) in [6.07, 6.45) is 4.02. The van der Waals surface area contributed by atoms with Gasteiger partial charge < -0.3 is 0 Å². The van der Waals surface area contributed by atoms with Crippen molar-refractivity contribution in [3.05, 3.63) is 21.1 Å². The first-order chi connectivity index (χ1) is 6.69. The molecule has 0 fully saturated rings. The first kappa shape index (κ1) is 12.3. The second-order valence-electron chi connectivity index (χ2n) is 2.87. The van der Waals surface area contributed by atoms with Crippen LogP contribution < -0.4 is 0 Å². The van der Waals surface area contributed by atoms with Crippen molar-refractivity contribution in [2.24, 2.45) is 0 Å². The van der Waals surface area contributed by atoms with E-state index in [4.69, 9.17) is 11.6 Å². The Morgan fingerprint density at radius 2 is 2.14 bits per heavy atom. The summed E-state index contributed by atoms with van der Waals surface area (Å²) in [5.41, 5.74) is 1.01. The van der Waals surface area contributed by atoms with Gasteiger partial charge >= 0.3 is 0 Å². The zero-order valence-electron chi connectivity index (χ0n) is 8.18. The average Bonchev–Trinajstić information content (AvgIpc) is 2.14. The fourth-order valence-corrected chi connectivity index (χ4v) is 2.08. The van der Waals surface area contributed by atoms with Gasteiger partial charge in [-0.2, -0.15) is 11.8 Å². The van der Waals surface area contributed by atoms with Crippen molar-refractivity contribution in [2.45, 2.75) is 25.5 Å². The quantitative estimate of drug-likeness (QED) is 0.792. The summed E-state index contributed by atoms with van der Waals surface area (Å²) in [6.45, 7) is 2.12. The Kier molecular flexibility index (Phi) is 5.20. The van der Waals surface area contributed by atoms with Crippen LogP contribution >= 0.6 is 39.3 Å². The van der Waals surface area contributed by atoms with E-state index in [2.05, 4.69) is 32.8 Å². The van der Waals surface area contributed by atoms with Crippen molar-refractivity contribution in [1.29, 1.82) is 0 Å². The van der Waals surface area contributed by atoms with Crippen LogP contribution in [0.2, 0.25) is 5.15 Å². The molecule has 0 aromatic carbocycles. The molecule has 2 nitrogen and oxygen atoms in total. The maximum atomic E-state index is 5.98. The molecule has 0 N–H and O–H groups in total. The smallest absolute Gasteiger partial charge is 0.147 e. The first-order valence-corrected chi connectivity index (χ1v) is 6.95. The zero-order valence-corrected chi connectivity index (χ0v) is 11.3. The van der Waals surface area contributed by atoms with E-state index in [1.807, 2.05) is 6.26 Å². The van der Waals surface area contributed by atoms with Gasteiger partial charge in [-0.3, -0.25) is 0 Å². The van der Waals surface area contributed by atoms with E-state index in [0.717, 1.165) is 34.6 Å². The lowest BCUT2D eigenvalue weighted by Gasteiger charge is -2.06. The molecule has 14 heavy (non-hydrogen) atoms. The molecular weight excluding hydrogens is 284 g/mol. The van der Waals surface area contributed by atoms with Crippen LogP contribution in [0.25, 0.3) is 0 Å². The molecule has 1 aromatic rings. The van der Waals surface area contributed by atoms with Gasteiger partial charge in [0.05, 0.1) is 15.9 Å². The van der Waals surface area contributed by atoms with Crippen LogP contribution in [0, 0.1) is 0 Å². The molecule has 5 heteroatoms. The predicted molar refractivity (Wildman–Crippen MR) is 66.0 cm³/mol. The van der Waals surface area contributed by atoms with Crippen molar-refractivity contribution >= 4 is 39.3 Å². The van der Waals surface area contributed by atoms with Crippen molar-refractivity contribution in [1.82, 2.24) is 9.97 Å². The molecule has 0 saturated carbocycles. The summed E-state index contributed by atoms with van der Waals surface area (Å²) in [5.74, 6) is 1.62. The van der Waals surface area contributed by atoms with Crippen LogP contribution in [-0.2, 0) is 12.2 Å². The summed E-state index contributed by atoms with van der Waals surface area (Å²) in [5, 5.41) is 0.521. The topological polar surface area (TPSA) is 25.8 Å². The van der Waals surface area contributed by atoms with Gasteiger partial charge in [-0.05, 0) is 28.6 Å². The van der Waals surface area contributed by atoms with Gasteiger partial charge in [0.25, 0.3) is 0 Å². The van der Waals surface area contributed by atoms with E-state index in [-0.39, 0.29) is 0 Å². The van der Waals surface area contributed by atoms with Crippen LogP contribution in [0.3, 0.4) is 0 Å². The Balaban J connectivity index is 3.01. The zero-order chi connectivity index (χ0) is 10.6. The fourth-order valence-electron chi connectivity index (χ4n) is 1.11. The van der Waals surface area contributed by atoms with E-state index in [9.17, 15) is 0 Å². The molecule has 0 aliphatic rings. The van der Waals surface area contributed by atoms with Crippen LogP contribution in [0.5, 0.6) is 0 Å². The summed E-state index contributed by atoms with van der Waals surface area (Å²) < 4.78 is 0.839. The number of hydrogen-bond acceptors (Lipinski definition) is 3. The van der Waals surface area contributed by atoms with Crippen LogP contribution in [0.15, 0.2) is 4.47 Å². The molecule has 0 atom stereocenters. The molecular formula is C9H12BrClN2S. The van der Waals surface area contributed by atoms with Gasteiger partial charge in [-0.15, -0.1) is 0 Å². The van der Waals surface area contributed by atoms with E-state index < -0.39 is 0 Å². The number of rotatable bonds is 4. The summed E-state index contributed by atoms with van der Waals surface area (Å²) in [7, 11) is 0. The largest absolute Gasteiger partial charge is 0.236 e. The normalized spacial score (nSPS) is 10.6. The minimum atomic E-state index is 0.521. The maximum Gasteiger partial charge on any atom is 0.147 e. The Hall–Kier alpha value is 0.200. The van der Waals surface area contributed by atoms with E-state index in [0.29, 0.717) is 5.15 Å². The second-order valence-corrected chi connectivity index (χ2v) is 4.89. The molecule has 0 radical (unpaired) electrons. The molecule has 0 saturated heterocycles. The van der Waals surface area contributed by atoms with Crippen LogP contribution in [0.4, 0.5) is 0 Å². The van der Waals surface area contributed by atoms with Gasteiger partial charge in [0.2, 0.25) is 0 Å². The molecule has 0 amide bonds. The standard InChI is InChI=1S/C9H12BrClN2S/c1-3-4-6-8(10)9(11)13-7(12-6)5-14-2/h3-5H2,1-2H3. The lowest BCUT2D eigenvalue weighted by molar-refractivity contribution is 0.846. The van der Waals surface area contributed by atoms with E-state index >= 15 is 0 Å². The van der Waals surface area contributed by atoms with Gasteiger partial charge in [0.1, 0.15) is 11.0 Å². The monoisotopic (exact) mass is 294 g/mol. The average molecular weight is 296 g/mol. The van der Waals surface area contributed by atoms with Crippen LogP contribution in [0.1, 0.15) is 24.9 Å². The summed E-state index contributed by atoms with van der Waals surface area (Å²) in [4.78, 5) is 8.64. The minimum Gasteiger partial charge on any atom is -0.236 e. The van der Waals surface area contributed by atoms with Crippen molar-refractivity contribution in [3.63, 3.8) is 0 Å². The van der Waals surface area contributed by atoms with Crippen molar-refractivity contribution in [2.75, 3.05) is 6.26 Å². The lowest BCUT2D eigenvalue weighted by atomic mass is 10.2. The molecule has 0 bridgehead atoms. The Morgan fingerprint density at radius 1 is 1.43 bits per heavy atom. The van der Waals surface area contributed by atoms with Crippen LogP contribution in [-0.4, -0.2) is 16.2 Å². The SMILES string of the molecule is CCCc1nc(CSC)nc(Cl)c1Br. The molecule has 0 unspecified atom stereocenters. The predicted octanol–water partition coefficient (Wildman–Crippen LogP) is 3.71. The number of hydrogen-bond donors (Lipinski definition) is 0. The summed E-state index contributed by atoms with van der Waals surface area (Å²) in [6, 6.07) is 0. The first-order valence-electron chi connectivity index (χ1n) is 4.38. The number of aromatic nitrogens is 2. The number of nitrogens with zero attached hydrogens (tertiary/aromatic N) is 2. The van der Waals surface area contributed by atoms with Gasteiger partial charge in [-0.25, -0.2) is 9.97 Å². The number of thioether (sulfide) groups is 1. The highest BCUT2D eigenvalue weighted by molar-refractivity contribution is 9.10. The molecule has 1 rings (SSSR count). The third-order valence-electron chi connectivity index (χ3n) is 1.69. The number of halogens is 2. The molecule has 1 aromatic heterocycles. The van der Waals surface area contributed by atoms with E-state index in [1.165, 1.54) is 0 Å². The Bertz CT molecular complexity index is 320. The van der Waals surface area contributed by atoms with Gasteiger partial charge in [0.15, 0.2) is 0 Å². The highest BCUT2D eigenvalue weighted by Crippen LogP contribution is 2.25. The van der Waals surface area contributed by atoms with Crippen molar-refractivity contribution in [3.8, 4) is 0 Å². The van der Waals surface area contributed by atoms with Gasteiger partial charge in [-0.1, -0.05) is 24.9 Å². The Morgan fingerprint density at radius 3 is 2.71 bits per heavy atom. The maximum absolute atomic E-state index is 5.98. The third-order valence-corrected chi connectivity index (χ3v) is 3.57. The molecule has 0 aliphatic heterocycles. The van der Waals surface area contributed by atoms with Crippen molar-refractivity contribution < 1.29 is 0 Å². The molecule has 1 heterocycles.